The Morgan fingerprint density at radius 3 is 2.68 bits per heavy atom. The van der Waals surface area contributed by atoms with Crippen LogP contribution >= 0.6 is 0 Å². The topological polar surface area (TPSA) is 91.0 Å². The van der Waals surface area contributed by atoms with Crippen LogP contribution in [-0.4, -0.2) is 61.6 Å². The highest BCUT2D eigenvalue weighted by Gasteiger charge is 2.39. The molecule has 3 aliphatic rings. The quantitative estimate of drug-likeness (QED) is 0.651. The van der Waals surface area contributed by atoms with E-state index in [-0.39, 0.29) is 18.2 Å². The van der Waals surface area contributed by atoms with Crippen LogP contribution in [-0.2, 0) is 9.59 Å². The van der Waals surface area contributed by atoms with Crippen molar-refractivity contribution in [2.24, 2.45) is 5.92 Å². The van der Waals surface area contributed by atoms with E-state index < -0.39 is 12.1 Å². The van der Waals surface area contributed by atoms with E-state index >= 15 is 0 Å². The van der Waals surface area contributed by atoms with Crippen LogP contribution in [0.15, 0.2) is 24.3 Å². The molecule has 0 radical (unpaired) electrons. The number of piperidine rings is 2. The van der Waals surface area contributed by atoms with Crippen molar-refractivity contribution in [2.45, 2.75) is 57.0 Å². The van der Waals surface area contributed by atoms with Crippen LogP contribution < -0.4 is 20.3 Å². The van der Waals surface area contributed by atoms with E-state index in [0.717, 1.165) is 11.3 Å². The zero-order valence-corrected chi connectivity index (χ0v) is 18.1. The Hall–Kier alpha value is -2.61. The molecule has 4 rings (SSSR count). The summed E-state index contributed by atoms with van der Waals surface area (Å²) in [6.07, 6.45) is 6.65. The second kappa shape index (κ2) is 9.68. The van der Waals surface area contributed by atoms with Crippen molar-refractivity contribution in [3.8, 4) is 5.75 Å². The summed E-state index contributed by atoms with van der Waals surface area (Å²) >= 11 is 0. The third kappa shape index (κ3) is 4.84. The summed E-state index contributed by atoms with van der Waals surface area (Å²) in [5.74, 6) is 0.778. The Morgan fingerprint density at radius 2 is 1.90 bits per heavy atom. The number of ether oxygens (including phenoxy) is 1. The summed E-state index contributed by atoms with van der Waals surface area (Å²) in [5, 5.41) is 5.77. The molecule has 1 aromatic carbocycles. The lowest BCUT2D eigenvalue weighted by Crippen LogP contribution is -2.51. The monoisotopic (exact) mass is 428 g/mol. The van der Waals surface area contributed by atoms with Gasteiger partial charge in [0, 0.05) is 19.0 Å². The molecule has 3 saturated heterocycles. The number of anilines is 1. The van der Waals surface area contributed by atoms with Crippen molar-refractivity contribution in [1.82, 2.24) is 15.5 Å². The second-order valence-corrected chi connectivity index (χ2v) is 8.72. The Balaban J connectivity index is 1.25. The van der Waals surface area contributed by atoms with Gasteiger partial charge in [-0.15, -0.1) is 0 Å². The van der Waals surface area contributed by atoms with E-state index in [1.54, 1.807) is 31.4 Å². The van der Waals surface area contributed by atoms with Gasteiger partial charge in [-0.25, -0.2) is 9.69 Å². The van der Waals surface area contributed by atoms with E-state index in [2.05, 4.69) is 15.5 Å². The van der Waals surface area contributed by atoms with E-state index in [0.29, 0.717) is 36.4 Å². The lowest BCUT2D eigenvalue weighted by atomic mass is 9.83. The lowest BCUT2D eigenvalue weighted by molar-refractivity contribution is -0.122. The zero-order valence-electron chi connectivity index (χ0n) is 18.1. The Morgan fingerprint density at radius 1 is 1.13 bits per heavy atom. The number of carbonyl (C=O) groups excluding carboxylic acids is 3. The zero-order chi connectivity index (χ0) is 21.8. The predicted molar refractivity (Wildman–Crippen MR) is 117 cm³/mol. The highest BCUT2D eigenvalue weighted by molar-refractivity contribution is 6.21. The van der Waals surface area contributed by atoms with Gasteiger partial charge in [0.2, 0.25) is 5.91 Å². The Kier molecular flexibility index (Phi) is 6.75. The van der Waals surface area contributed by atoms with Gasteiger partial charge in [0.05, 0.1) is 12.8 Å². The fourth-order valence-electron chi connectivity index (χ4n) is 5.13. The summed E-state index contributed by atoms with van der Waals surface area (Å²) in [6.45, 7) is 3.07. The number of nitrogens with zero attached hydrogens (tertiary/aromatic N) is 2. The van der Waals surface area contributed by atoms with Crippen LogP contribution in [0.4, 0.5) is 10.5 Å². The number of urea groups is 1. The molecule has 0 aliphatic carbocycles. The van der Waals surface area contributed by atoms with Crippen molar-refractivity contribution in [2.75, 3.05) is 31.6 Å². The SMILES string of the molecule is COc1ccc(N2C(=O)N[C@H](CCC(=O)NC[C@@H]3CCCN4CCCC[C@@H]34)C2=O)cc1. The van der Waals surface area contributed by atoms with E-state index in [4.69, 9.17) is 4.74 Å². The summed E-state index contributed by atoms with van der Waals surface area (Å²) in [5.41, 5.74) is 0.490. The Bertz CT molecular complexity index is 810. The molecule has 3 atom stereocenters. The average Bonchev–Trinajstić information content (AvgIpc) is 3.09. The number of rotatable bonds is 7. The summed E-state index contributed by atoms with van der Waals surface area (Å²) in [6, 6.07) is 6.21. The highest BCUT2D eigenvalue weighted by atomic mass is 16.5. The molecule has 0 spiro atoms. The van der Waals surface area contributed by atoms with Crippen LogP contribution in [0.2, 0.25) is 0 Å². The number of hydrogen-bond donors (Lipinski definition) is 2. The average molecular weight is 429 g/mol. The molecular weight excluding hydrogens is 396 g/mol. The molecule has 0 aromatic heterocycles. The normalized spacial score (nSPS) is 26.4. The van der Waals surface area contributed by atoms with Crippen LogP contribution in [0.1, 0.15) is 44.9 Å². The summed E-state index contributed by atoms with van der Waals surface area (Å²) in [7, 11) is 1.56. The number of nitrogens with one attached hydrogen (secondary N) is 2. The minimum Gasteiger partial charge on any atom is -0.497 e. The molecular formula is C23H32N4O4. The molecule has 1 aromatic rings. The second-order valence-electron chi connectivity index (χ2n) is 8.72. The number of methoxy groups -OCH3 is 1. The lowest BCUT2D eigenvalue weighted by Gasteiger charge is -2.44. The number of imide groups is 1. The van der Waals surface area contributed by atoms with Crippen molar-refractivity contribution < 1.29 is 19.1 Å². The van der Waals surface area contributed by atoms with Crippen LogP contribution in [0.5, 0.6) is 5.75 Å². The molecule has 31 heavy (non-hydrogen) atoms. The van der Waals surface area contributed by atoms with Crippen LogP contribution in [0, 0.1) is 5.92 Å². The summed E-state index contributed by atoms with van der Waals surface area (Å²) in [4.78, 5) is 41.2. The minimum atomic E-state index is -0.677. The number of amides is 4. The minimum absolute atomic E-state index is 0.0575. The predicted octanol–water partition coefficient (Wildman–Crippen LogP) is 2.28. The van der Waals surface area contributed by atoms with E-state index in [9.17, 15) is 14.4 Å². The van der Waals surface area contributed by atoms with Crippen molar-refractivity contribution in [3.05, 3.63) is 24.3 Å². The maximum atomic E-state index is 12.7. The van der Waals surface area contributed by atoms with Gasteiger partial charge < -0.3 is 20.3 Å². The van der Waals surface area contributed by atoms with Gasteiger partial charge in [0.15, 0.2) is 0 Å². The standard InChI is InChI=1S/C23H32N4O4/c1-31-18-9-7-17(8-10-18)27-22(29)19(25-23(27)30)11-12-21(28)24-15-16-5-4-14-26-13-3-2-6-20(16)26/h7-10,16,19-20H,2-6,11-15H2,1H3,(H,24,28)(H,25,30)/t16-,19+,20-/m0/s1. The first-order chi connectivity index (χ1) is 15.1. The molecule has 168 valence electrons. The fraction of sp³-hybridized carbons (Fsp3) is 0.609. The number of carbonyl (C=O) groups is 3. The molecule has 8 nitrogen and oxygen atoms in total. The van der Waals surface area contributed by atoms with E-state index in [1.807, 2.05) is 0 Å². The van der Waals surface area contributed by atoms with Gasteiger partial charge in [-0.3, -0.25) is 9.59 Å². The van der Waals surface area contributed by atoms with Gasteiger partial charge in [-0.2, -0.15) is 0 Å². The fourth-order valence-corrected chi connectivity index (χ4v) is 5.13. The number of hydrogen-bond acceptors (Lipinski definition) is 5. The molecule has 0 saturated carbocycles. The molecule has 3 aliphatic heterocycles. The van der Waals surface area contributed by atoms with Gasteiger partial charge in [0.1, 0.15) is 11.8 Å². The first kappa shape index (κ1) is 21.6. The molecule has 0 bridgehead atoms. The highest BCUT2D eigenvalue weighted by Crippen LogP contribution is 2.30. The molecule has 0 unspecified atom stereocenters. The maximum absolute atomic E-state index is 12.7. The van der Waals surface area contributed by atoms with Crippen molar-refractivity contribution >= 4 is 23.5 Å². The van der Waals surface area contributed by atoms with Crippen molar-refractivity contribution in [3.63, 3.8) is 0 Å². The smallest absolute Gasteiger partial charge is 0.329 e. The number of benzene rings is 1. The molecule has 8 heteroatoms. The van der Waals surface area contributed by atoms with Gasteiger partial charge in [-0.05, 0) is 75.4 Å². The van der Waals surface area contributed by atoms with Crippen LogP contribution in [0.25, 0.3) is 0 Å². The Labute approximate surface area is 183 Å². The molecule has 2 N–H and O–H groups in total. The largest absolute Gasteiger partial charge is 0.497 e. The first-order valence-electron chi connectivity index (χ1n) is 11.4. The number of fused-ring (bicyclic) bond motifs is 1. The first-order valence-corrected chi connectivity index (χ1v) is 11.4. The van der Waals surface area contributed by atoms with Gasteiger partial charge in [-0.1, -0.05) is 6.42 Å². The molecule has 3 heterocycles. The third-order valence-electron chi connectivity index (χ3n) is 6.80. The summed E-state index contributed by atoms with van der Waals surface area (Å²) < 4.78 is 5.12. The molecule has 4 amide bonds. The van der Waals surface area contributed by atoms with E-state index in [1.165, 1.54) is 38.8 Å². The van der Waals surface area contributed by atoms with Gasteiger partial charge >= 0.3 is 6.03 Å². The molecule has 3 fully saturated rings. The van der Waals surface area contributed by atoms with Crippen LogP contribution in [0.3, 0.4) is 0 Å². The van der Waals surface area contributed by atoms with Crippen molar-refractivity contribution in [1.29, 1.82) is 0 Å². The van der Waals surface area contributed by atoms with Gasteiger partial charge in [0.25, 0.3) is 5.91 Å². The third-order valence-corrected chi connectivity index (χ3v) is 6.80. The maximum Gasteiger partial charge on any atom is 0.329 e.